The first kappa shape index (κ1) is 14.9. The van der Waals surface area contributed by atoms with Crippen LogP contribution in [-0.2, 0) is 13.0 Å². The zero-order valence-corrected chi connectivity index (χ0v) is 11.5. The van der Waals surface area contributed by atoms with Crippen LogP contribution in [-0.4, -0.2) is 22.7 Å². The summed E-state index contributed by atoms with van der Waals surface area (Å²) in [5, 5.41) is 21.7. The van der Waals surface area contributed by atoms with Gasteiger partial charge in [-0.05, 0) is 36.2 Å². The van der Waals surface area contributed by atoms with Crippen LogP contribution in [0.3, 0.4) is 0 Å². The van der Waals surface area contributed by atoms with Crippen LogP contribution in [0.4, 0.5) is 0 Å². The van der Waals surface area contributed by atoms with Crippen LogP contribution in [0.5, 0.6) is 11.5 Å². The van der Waals surface area contributed by atoms with E-state index in [0.717, 1.165) is 17.5 Å². The van der Waals surface area contributed by atoms with Gasteiger partial charge in [0.1, 0.15) is 0 Å². The van der Waals surface area contributed by atoms with Crippen LogP contribution in [0.25, 0.3) is 0 Å². The summed E-state index contributed by atoms with van der Waals surface area (Å²) >= 11 is 0. The monoisotopic (exact) mass is 286 g/mol. The minimum Gasteiger partial charge on any atom is -0.504 e. The number of rotatable bonds is 5. The average Bonchev–Trinajstić information content (AvgIpc) is 2.49. The maximum absolute atomic E-state index is 12.0. The molecule has 0 spiro atoms. The van der Waals surface area contributed by atoms with Gasteiger partial charge in [-0.1, -0.05) is 30.3 Å². The number of nitrogens with two attached hydrogens (primary N) is 1. The molecule has 5 heteroatoms. The zero-order valence-electron chi connectivity index (χ0n) is 11.5. The van der Waals surface area contributed by atoms with E-state index in [1.807, 2.05) is 24.3 Å². The minimum absolute atomic E-state index is 0.0507. The summed E-state index contributed by atoms with van der Waals surface area (Å²) in [6.45, 7) is 0.948. The third-order valence-electron chi connectivity index (χ3n) is 3.17. The Balaban J connectivity index is 1.99. The van der Waals surface area contributed by atoms with Crippen molar-refractivity contribution in [2.75, 3.05) is 6.54 Å². The summed E-state index contributed by atoms with van der Waals surface area (Å²) in [6, 6.07) is 12.1. The normalized spacial score (nSPS) is 10.3. The van der Waals surface area contributed by atoms with Gasteiger partial charge in [0.25, 0.3) is 5.91 Å². The highest BCUT2D eigenvalue weighted by Gasteiger charge is 2.13. The Bertz CT molecular complexity index is 624. The van der Waals surface area contributed by atoms with Crippen molar-refractivity contribution in [3.63, 3.8) is 0 Å². The van der Waals surface area contributed by atoms with E-state index in [0.29, 0.717) is 13.1 Å². The predicted octanol–water partition coefficient (Wildman–Crippen LogP) is 1.53. The average molecular weight is 286 g/mol. The number of carbonyl (C=O) groups excluding carboxylic acids is 1. The van der Waals surface area contributed by atoms with E-state index in [1.54, 1.807) is 0 Å². The topological polar surface area (TPSA) is 95.6 Å². The molecule has 0 aliphatic carbocycles. The van der Waals surface area contributed by atoms with E-state index >= 15 is 0 Å². The van der Waals surface area contributed by atoms with Crippen LogP contribution in [0, 0.1) is 0 Å². The van der Waals surface area contributed by atoms with Crippen molar-refractivity contribution >= 4 is 5.91 Å². The van der Waals surface area contributed by atoms with Crippen molar-refractivity contribution < 1.29 is 15.0 Å². The van der Waals surface area contributed by atoms with Gasteiger partial charge in [-0.25, -0.2) is 0 Å². The summed E-state index contributed by atoms with van der Waals surface area (Å²) in [6.07, 6.45) is 0.823. The Morgan fingerprint density at radius 3 is 2.38 bits per heavy atom. The lowest BCUT2D eigenvalue weighted by Gasteiger charge is -2.08. The van der Waals surface area contributed by atoms with Crippen molar-refractivity contribution in [2.45, 2.75) is 13.0 Å². The van der Waals surface area contributed by atoms with E-state index in [9.17, 15) is 15.0 Å². The van der Waals surface area contributed by atoms with Crippen molar-refractivity contribution in [3.8, 4) is 11.5 Å². The Hall–Kier alpha value is -2.53. The van der Waals surface area contributed by atoms with Gasteiger partial charge in [0.05, 0.1) is 5.56 Å². The Morgan fingerprint density at radius 2 is 1.71 bits per heavy atom. The van der Waals surface area contributed by atoms with Crippen LogP contribution in [0.15, 0.2) is 42.5 Å². The second-order valence-corrected chi connectivity index (χ2v) is 4.71. The second-order valence-electron chi connectivity index (χ2n) is 4.71. The smallest absolute Gasteiger partial charge is 0.255 e. The SMILES string of the molecule is NCCc1ccc(CNC(=O)c2cccc(O)c2O)cc1. The third-order valence-corrected chi connectivity index (χ3v) is 3.17. The molecule has 0 fully saturated rings. The number of hydrogen-bond acceptors (Lipinski definition) is 4. The van der Waals surface area contributed by atoms with Crippen molar-refractivity contribution in [2.24, 2.45) is 5.73 Å². The van der Waals surface area contributed by atoms with E-state index < -0.39 is 11.7 Å². The molecule has 0 radical (unpaired) electrons. The largest absolute Gasteiger partial charge is 0.504 e. The van der Waals surface area contributed by atoms with E-state index in [1.165, 1.54) is 18.2 Å². The standard InChI is InChI=1S/C16H18N2O3/c17-9-8-11-4-6-12(7-5-11)10-18-16(21)13-2-1-3-14(19)15(13)20/h1-7,19-20H,8-10,17H2,(H,18,21). The molecule has 0 aliphatic rings. The first-order chi connectivity index (χ1) is 10.1. The Morgan fingerprint density at radius 1 is 1.05 bits per heavy atom. The van der Waals surface area contributed by atoms with Crippen molar-refractivity contribution in [1.29, 1.82) is 0 Å². The van der Waals surface area contributed by atoms with Crippen LogP contribution in [0.1, 0.15) is 21.5 Å². The molecule has 0 saturated heterocycles. The molecule has 0 aromatic heterocycles. The zero-order chi connectivity index (χ0) is 15.2. The maximum Gasteiger partial charge on any atom is 0.255 e. The number of phenolic OH excluding ortho intramolecular Hbond substituents is 2. The molecule has 0 unspecified atom stereocenters. The Labute approximate surface area is 123 Å². The number of benzene rings is 2. The number of amides is 1. The molecule has 110 valence electrons. The number of phenols is 2. The molecule has 0 atom stereocenters. The first-order valence-corrected chi connectivity index (χ1v) is 6.69. The molecule has 1 amide bonds. The highest BCUT2D eigenvalue weighted by Crippen LogP contribution is 2.27. The molecule has 5 nitrogen and oxygen atoms in total. The molecule has 0 saturated carbocycles. The molecular formula is C16H18N2O3. The highest BCUT2D eigenvalue weighted by atomic mass is 16.3. The summed E-state index contributed by atoms with van der Waals surface area (Å²) in [5.41, 5.74) is 7.64. The molecule has 0 bridgehead atoms. The molecule has 2 rings (SSSR count). The molecule has 0 heterocycles. The van der Waals surface area contributed by atoms with Gasteiger partial charge in [-0.15, -0.1) is 0 Å². The summed E-state index contributed by atoms with van der Waals surface area (Å²) in [4.78, 5) is 12.0. The fourth-order valence-electron chi connectivity index (χ4n) is 1.98. The number of nitrogens with one attached hydrogen (secondary N) is 1. The van der Waals surface area contributed by atoms with Gasteiger partial charge >= 0.3 is 0 Å². The fourth-order valence-corrected chi connectivity index (χ4v) is 1.98. The number of para-hydroxylation sites is 1. The lowest BCUT2D eigenvalue weighted by atomic mass is 10.1. The summed E-state index contributed by atoms with van der Waals surface area (Å²) < 4.78 is 0. The van der Waals surface area contributed by atoms with Crippen LogP contribution < -0.4 is 11.1 Å². The van der Waals surface area contributed by atoms with Crippen molar-refractivity contribution in [3.05, 3.63) is 59.2 Å². The van der Waals surface area contributed by atoms with Gasteiger partial charge in [0.15, 0.2) is 11.5 Å². The molecule has 2 aromatic rings. The molecular weight excluding hydrogens is 268 g/mol. The maximum atomic E-state index is 12.0. The fraction of sp³-hybridized carbons (Fsp3) is 0.188. The number of carbonyl (C=O) groups is 1. The predicted molar refractivity (Wildman–Crippen MR) is 80.1 cm³/mol. The molecule has 0 aliphatic heterocycles. The molecule has 2 aromatic carbocycles. The van der Waals surface area contributed by atoms with E-state index in [-0.39, 0.29) is 11.3 Å². The second kappa shape index (κ2) is 6.76. The van der Waals surface area contributed by atoms with Gasteiger partial charge in [-0.2, -0.15) is 0 Å². The quantitative estimate of drug-likeness (QED) is 0.627. The lowest BCUT2D eigenvalue weighted by Crippen LogP contribution is -2.22. The van der Waals surface area contributed by atoms with E-state index in [4.69, 9.17) is 5.73 Å². The van der Waals surface area contributed by atoms with Gasteiger partial charge in [0, 0.05) is 6.54 Å². The number of hydrogen-bond donors (Lipinski definition) is 4. The van der Waals surface area contributed by atoms with Gasteiger partial charge < -0.3 is 21.3 Å². The molecule has 21 heavy (non-hydrogen) atoms. The first-order valence-electron chi connectivity index (χ1n) is 6.69. The van der Waals surface area contributed by atoms with E-state index in [2.05, 4.69) is 5.32 Å². The summed E-state index contributed by atoms with van der Waals surface area (Å²) in [7, 11) is 0. The Kier molecular flexibility index (Phi) is 4.79. The van der Waals surface area contributed by atoms with Crippen molar-refractivity contribution in [1.82, 2.24) is 5.32 Å². The minimum atomic E-state index is -0.436. The summed E-state index contributed by atoms with van der Waals surface area (Å²) in [5.74, 6) is -1.16. The van der Waals surface area contributed by atoms with Crippen LogP contribution >= 0.6 is 0 Å². The van der Waals surface area contributed by atoms with Gasteiger partial charge in [0.2, 0.25) is 0 Å². The highest BCUT2D eigenvalue weighted by molar-refractivity contribution is 5.97. The van der Waals surface area contributed by atoms with Crippen LogP contribution in [0.2, 0.25) is 0 Å². The van der Waals surface area contributed by atoms with Gasteiger partial charge in [-0.3, -0.25) is 4.79 Å². The lowest BCUT2D eigenvalue weighted by molar-refractivity contribution is 0.0947. The third kappa shape index (κ3) is 3.73. The number of aromatic hydroxyl groups is 2. The molecule has 5 N–H and O–H groups in total.